The molecule has 0 aliphatic heterocycles. The van der Waals surface area contributed by atoms with E-state index in [2.05, 4.69) is 4.72 Å². The van der Waals surface area contributed by atoms with Gasteiger partial charge in [-0.3, -0.25) is 4.72 Å². The Labute approximate surface area is 124 Å². The molecule has 8 heteroatoms. The summed E-state index contributed by atoms with van der Waals surface area (Å²) in [5.41, 5.74) is -0.116. The summed E-state index contributed by atoms with van der Waals surface area (Å²) in [6.45, 7) is 0. The van der Waals surface area contributed by atoms with Gasteiger partial charge in [0.1, 0.15) is 4.90 Å². The zero-order chi connectivity index (χ0) is 14.9. The molecule has 0 spiro atoms. The number of halogens is 4. The largest absolute Gasteiger partial charge is 0.279 e. The zero-order valence-corrected chi connectivity index (χ0v) is 12.0. The third-order valence-corrected chi connectivity index (χ3v) is 4.45. The van der Waals surface area contributed by atoms with Crippen LogP contribution in [0.2, 0.25) is 10.0 Å². The third kappa shape index (κ3) is 3.20. The summed E-state index contributed by atoms with van der Waals surface area (Å²) in [5, 5.41) is 0.203. The molecule has 2 aromatic rings. The van der Waals surface area contributed by atoms with Crippen molar-refractivity contribution in [1.29, 1.82) is 0 Å². The average molecular weight is 338 g/mol. The van der Waals surface area contributed by atoms with E-state index < -0.39 is 21.7 Å². The van der Waals surface area contributed by atoms with Crippen molar-refractivity contribution in [1.82, 2.24) is 0 Å². The fourth-order valence-corrected chi connectivity index (χ4v) is 3.29. The van der Waals surface area contributed by atoms with Crippen LogP contribution in [0, 0.1) is 11.6 Å². The number of sulfonamides is 1. The van der Waals surface area contributed by atoms with Crippen molar-refractivity contribution in [3.63, 3.8) is 0 Å². The highest BCUT2D eigenvalue weighted by atomic mass is 35.5. The average Bonchev–Trinajstić information content (AvgIpc) is 2.33. The molecule has 0 unspecified atom stereocenters. The fraction of sp³-hybridized carbons (Fsp3) is 0. The van der Waals surface area contributed by atoms with Crippen LogP contribution in [0.3, 0.4) is 0 Å². The normalized spacial score (nSPS) is 11.4. The summed E-state index contributed by atoms with van der Waals surface area (Å²) in [6.07, 6.45) is 0. The van der Waals surface area contributed by atoms with E-state index in [0.29, 0.717) is 0 Å². The second kappa shape index (κ2) is 5.55. The van der Waals surface area contributed by atoms with Crippen LogP contribution in [-0.2, 0) is 10.0 Å². The van der Waals surface area contributed by atoms with Gasteiger partial charge in [-0.2, -0.15) is 0 Å². The second-order valence-corrected chi connectivity index (χ2v) is 6.30. The molecule has 0 aliphatic rings. The molecular weight excluding hydrogens is 331 g/mol. The van der Waals surface area contributed by atoms with Gasteiger partial charge in [-0.25, -0.2) is 17.2 Å². The molecule has 2 aromatic carbocycles. The van der Waals surface area contributed by atoms with Crippen molar-refractivity contribution >= 4 is 38.9 Å². The molecular formula is C12H7Cl2F2NO2S. The molecule has 0 radical (unpaired) electrons. The SMILES string of the molecule is O=S(=O)(Nc1ccc(F)c(F)c1)c1ccc(Cl)cc1Cl. The molecule has 1 N–H and O–H groups in total. The molecule has 20 heavy (non-hydrogen) atoms. The standard InChI is InChI=1S/C12H7Cl2F2NO2S/c13-7-1-4-12(9(14)5-7)20(18,19)17-8-2-3-10(15)11(16)6-8/h1-6,17H. The predicted octanol–water partition coefficient (Wildman–Crippen LogP) is 4.07. The van der Waals surface area contributed by atoms with Crippen molar-refractivity contribution in [3.8, 4) is 0 Å². The first-order valence-corrected chi connectivity index (χ1v) is 7.46. The van der Waals surface area contributed by atoms with Crippen LogP contribution in [0.25, 0.3) is 0 Å². The van der Waals surface area contributed by atoms with E-state index in [1.165, 1.54) is 18.2 Å². The van der Waals surface area contributed by atoms with Crippen LogP contribution >= 0.6 is 23.2 Å². The van der Waals surface area contributed by atoms with E-state index in [1.807, 2.05) is 0 Å². The van der Waals surface area contributed by atoms with Crippen molar-refractivity contribution in [3.05, 3.63) is 58.1 Å². The lowest BCUT2D eigenvalue weighted by atomic mass is 10.3. The maximum atomic E-state index is 13.0. The Bertz CT molecular complexity index is 766. The van der Waals surface area contributed by atoms with Crippen LogP contribution < -0.4 is 4.72 Å². The molecule has 0 fully saturated rings. The lowest BCUT2D eigenvalue weighted by Crippen LogP contribution is -2.13. The highest BCUT2D eigenvalue weighted by Gasteiger charge is 2.18. The summed E-state index contributed by atoms with van der Waals surface area (Å²) >= 11 is 11.5. The predicted molar refractivity (Wildman–Crippen MR) is 73.6 cm³/mol. The molecule has 0 heterocycles. The first kappa shape index (κ1) is 15.0. The van der Waals surface area contributed by atoms with Gasteiger partial charge in [-0.1, -0.05) is 23.2 Å². The quantitative estimate of drug-likeness (QED) is 0.917. The monoisotopic (exact) mass is 337 g/mol. The highest BCUT2D eigenvalue weighted by molar-refractivity contribution is 7.92. The molecule has 0 saturated carbocycles. The third-order valence-electron chi connectivity index (χ3n) is 2.36. The maximum Gasteiger partial charge on any atom is 0.263 e. The molecule has 0 saturated heterocycles. The Morgan fingerprint density at radius 2 is 1.65 bits per heavy atom. The first-order chi connectivity index (χ1) is 9.29. The molecule has 0 bridgehead atoms. The Morgan fingerprint density at radius 1 is 0.950 bits per heavy atom. The smallest absolute Gasteiger partial charge is 0.263 e. The van der Waals surface area contributed by atoms with E-state index in [-0.39, 0.29) is 20.6 Å². The molecule has 2 rings (SSSR count). The topological polar surface area (TPSA) is 46.2 Å². The lowest BCUT2D eigenvalue weighted by molar-refractivity contribution is 0.509. The lowest BCUT2D eigenvalue weighted by Gasteiger charge is -2.10. The second-order valence-electron chi connectivity index (χ2n) is 3.81. The van der Waals surface area contributed by atoms with Crippen LogP contribution in [0.4, 0.5) is 14.5 Å². The number of hydrogen-bond donors (Lipinski definition) is 1. The van der Waals surface area contributed by atoms with E-state index in [0.717, 1.165) is 18.2 Å². The summed E-state index contributed by atoms with van der Waals surface area (Å²) in [4.78, 5) is -0.215. The van der Waals surface area contributed by atoms with Gasteiger partial charge < -0.3 is 0 Å². The van der Waals surface area contributed by atoms with Crippen LogP contribution in [0.15, 0.2) is 41.3 Å². The molecule has 0 atom stereocenters. The minimum absolute atomic E-state index is 0.0763. The van der Waals surface area contributed by atoms with Crippen molar-refractivity contribution in [2.45, 2.75) is 4.90 Å². The van der Waals surface area contributed by atoms with Crippen molar-refractivity contribution in [2.24, 2.45) is 0 Å². The highest BCUT2D eigenvalue weighted by Crippen LogP contribution is 2.27. The van der Waals surface area contributed by atoms with Gasteiger partial charge >= 0.3 is 0 Å². The summed E-state index contributed by atoms with van der Waals surface area (Å²) in [5.74, 6) is -2.23. The minimum Gasteiger partial charge on any atom is -0.279 e. The van der Waals surface area contributed by atoms with E-state index in [1.54, 1.807) is 0 Å². The van der Waals surface area contributed by atoms with Crippen LogP contribution in [0.1, 0.15) is 0 Å². The van der Waals surface area contributed by atoms with Gasteiger partial charge in [0, 0.05) is 11.1 Å². The first-order valence-electron chi connectivity index (χ1n) is 5.22. The Morgan fingerprint density at radius 3 is 2.25 bits per heavy atom. The van der Waals surface area contributed by atoms with Crippen LogP contribution in [0.5, 0.6) is 0 Å². The van der Waals surface area contributed by atoms with Gasteiger partial charge in [-0.15, -0.1) is 0 Å². The Hall–Kier alpha value is -1.37. The zero-order valence-electron chi connectivity index (χ0n) is 9.70. The number of rotatable bonds is 3. The number of nitrogens with one attached hydrogen (secondary N) is 1. The van der Waals surface area contributed by atoms with Crippen molar-refractivity contribution in [2.75, 3.05) is 4.72 Å². The Balaban J connectivity index is 2.38. The summed E-state index contributed by atoms with van der Waals surface area (Å²) < 4.78 is 52.1. The molecule has 0 aliphatic carbocycles. The van der Waals surface area contributed by atoms with E-state index in [9.17, 15) is 17.2 Å². The van der Waals surface area contributed by atoms with Gasteiger partial charge in [0.05, 0.1) is 10.7 Å². The number of benzene rings is 2. The molecule has 3 nitrogen and oxygen atoms in total. The number of hydrogen-bond acceptors (Lipinski definition) is 2. The molecule has 0 amide bonds. The number of anilines is 1. The maximum absolute atomic E-state index is 13.0. The van der Waals surface area contributed by atoms with E-state index >= 15 is 0 Å². The van der Waals surface area contributed by atoms with Gasteiger partial charge in [0.25, 0.3) is 10.0 Å². The summed E-state index contributed by atoms with van der Waals surface area (Å²) in [6, 6.07) is 6.48. The molecule has 0 aromatic heterocycles. The van der Waals surface area contributed by atoms with Crippen molar-refractivity contribution < 1.29 is 17.2 Å². The minimum atomic E-state index is -4.02. The van der Waals surface area contributed by atoms with Crippen LogP contribution in [-0.4, -0.2) is 8.42 Å². The van der Waals surface area contributed by atoms with Gasteiger partial charge in [0.15, 0.2) is 11.6 Å². The van der Waals surface area contributed by atoms with Gasteiger partial charge in [0.2, 0.25) is 0 Å². The Kier molecular flexibility index (Phi) is 4.17. The fourth-order valence-electron chi connectivity index (χ4n) is 1.46. The van der Waals surface area contributed by atoms with E-state index in [4.69, 9.17) is 23.2 Å². The summed E-state index contributed by atoms with van der Waals surface area (Å²) in [7, 11) is -4.02. The van der Waals surface area contributed by atoms with Gasteiger partial charge in [-0.05, 0) is 30.3 Å². The molecule has 106 valence electrons.